The second-order valence-electron chi connectivity index (χ2n) is 6.65. The van der Waals surface area contributed by atoms with Crippen LogP contribution in [0.1, 0.15) is 57.2 Å². The van der Waals surface area contributed by atoms with Crippen molar-refractivity contribution >= 4 is 0 Å². The zero-order chi connectivity index (χ0) is 14.6. The Labute approximate surface area is 124 Å². The van der Waals surface area contributed by atoms with Gasteiger partial charge in [0.2, 0.25) is 0 Å². The molecule has 0 amide bonds. The summed E-state index contributed by atoms with van der Waals surface area (Å²) in [6.07, 6.45) is 3.87. The lowest BCUT2D eigenvalue weighted by Gasteiger charge is -2.43. The van der Waals surface area contributed by atoms with E-state index in [1.54, 1.807) is 0 Å². The first-order valence-corrected chi connectivity index (χ1v) is 8.10. The van der Waals surface area contributed by atoms with E-state index < -0.39 is 0 Å². The van der Waals surface area contributed by atoms with E-state index in [1.165, 1.54) is 43.5 Å². The maximum atomic E-state index is 3.78. The van der Waals surface area contributed by atoms with Crippen LogP contribution in [-0.2, 0) is 0 Å². The Hall–Kier alpha value is -0.860. The number of benzene rings is 1. The van der Waals surface area contributed by atoms with Crippen LogP contribution in [0.25, 0.3) is 0 Å². The van der Waals surface area contributed by atoms with Gasteiger partial charge in [-0.1, -0.05) is 36.8 Å². The van der Waals surface area contributed by atoms with Crippen LogP contribution in [0.2, 0.25) is 0 Å². The number of nitrogens with zero attached hydrogens (tertiary/aromatic N) is 1. The Morgan fingerprint density at radius 2 is 1.75 bits per heavy atom. The fourth-order valence-electron chi connectivity index (χ4n) is 3.30. The quantitative estimate of drug-likeness (QED) is 0.846. The molecule has 1 aliphatic rings. The van der Waals surface area contributed by atoms with Crippen LogP contribution in [0.3, 0.4) is 0 Å². The summed E-state index contributed by atoms with van der Waals surface area (Å²) in [7, 11) is 0. The summed E-state index contributed by atoms with van der Waals surface area (Å²) >= 11 is 0. The molecule has 2 rings (SSSR count). The molecule has 0 aliphatic carbocycles. The van der Waals surface area contributed by atoms with Gasteiger partial charge in [-0.2, -0.15) is 0 Å². The van der Waals surface area contributed by atoms with Crippen molar-refractivity contribution in [2.45, 2.75) is 58.5 Å². The zero-order valence-corrected chi connectivity index (χ0v) is 13.6. The molecule has 0 spiro atoms. The fourth-order valence-corrected chi connectivity index (χ4v) is 3.30. The molecule has 0 aromatic heterocycles. The third-order valence-corrected chi connectivity index (χ3v) is 4.64. The van der Waals surface area contributed by atoms with Crippen molar-refractivity contribution in [1.29, 1.82) is 0 Å². The second kappa shape index (κ2) is 6.73. The SMILES string of the molecule is CCCNC(c1ccc(C)cc1)C(C)(C)N1CCCC1. The van der Waals surface area contributed by atoms with E-state index in [1.807, 2.05) is 0 Å². The van der Waals surface area contributed by atoms with Crippen molar-refractivity contribution in [3.05, 3.63) is 35.4 Å². The first-order valence-electron chi connectivity index (χ1n) is 8.10. The number of aryl methyl sites for hydroxylation is 1. The molecule has 1 saturated heterocycles. The highest BCUT2D eigenvalue weighted by Gasteiger charge is 2.37. The van der Waals surface area contributed by atoms with Gasteiger partial charge < -0.3 is 5.32 Å². The Kier molecular flexibility index (Phi) is 5.22. The van der Waals surface area contributed by atoms with Crippen LogP contribution in [-0.4, -0.2) is 30.1 Å². The van der Waals surface area contributed by atoms with Crippen LogP contribution >= 0.6 is 0 Å². The lowest BCUT2D eigenvalue weighted by Crippen LogP contribution is -2.51. The third kappa shape index (κ3) is 3.42. The first-order chi connectivity index (χ1) is 9.55. The standard InChI is InChI=1S/C18H30N2/c1-5-12-19-17(16-10-8-15(2)9-11-16)18(3,4)20-13-6-7-14-20/h8-11,17,19H,5-7,12-14H2,1-4H3. The third-order valence-electron chi connectivity index (χ3n) is 4.64. The summed E-state index contributed by atoms with van der Waals surface area (Å²) < 4.78 is 0. The lowest BCUT2D eigenvalue weighted by molar-refractivity contribution is 0.107. The van der Waals surface area contributed by atoms with Crippen molar-refractivity contribution in [2.24, 2.45) is 0 Å². The summed E-state index contributed by atoms with van der Waals surface area (Å²) in [6, 6.07) is 9.45. The van der Waals surface area contributed by atoms with Crippen molar-refractivity contribution in [3.8, 4) is 0 Å². The molecule has 1 heterocycles. The highest BCUT2D eigenvalue weighted by Crippen LogP contribution is 2.33. The number of hydrogen-bond acceptors (Lipinski definition) is 2. The second-order valence-corrected chi connectivity index (χ2v) is 6.65. The van der Waals surface area contributed by atoms with E-state index in [0.29, 0.717) is 6.04 Å². The highest BCUT2D eigenvalue weighted by atomic mass is 15.2. The van der Waals surface area contributed by atoms with E-state index in [0.717, 1.165) is 6.54 Å². The van der Waals surface area contributed by atoms with Gasteiger partial charge in [0.15, 0.2) is 0 Å². The van der Waals surface area contributed by atoms with Gasteiger partial charge in [0.1, 0.15) is 0 Å². The molecule has 1 aromatic carbocycles. The van der Waals surface area contributed by atoms with E-state index in [4.69, 9.17) is 0 Å². The summed E-state index contributed by atoms with van der Waals surface area (Å²) in [5.74, 6) is 0. The van der Waals surface area contributed by atoms with Crippen molar-refractivity contribution < 1.29 is 0 Å². The molecular formula is C18H30N2. The Morgan fingerprint density at radius 1 is 1.15 bits per heavy atom. The fraction of sp³-hybridized carbons (Fsp3) is 0.667. The minimum absolute atomic E-state index is 0.168. The largest absolute Gasteiger partial charge is 0.308 e. The van der Waals surface area contributed by atoms with Crippen LogP contribution < -0.4 is 5.32 Å². The Morgan fingerprint density at radius 3 is 2.30 bits per heavy atom. The van der Waals surface area contributed by atoms with Crippen LogP contribution in [0.5, 0.6) is 0 Å². The Bertz CT molecular complexity index is 402. The summed E-state index contributed by atoms with van der Waals surface area (Å²) in [6.45, 7) is 12.7. The van der Waals surface area contributed by atoms with Crippen LogP contribution in [0, 0.1) is 6.92 Å². The molecule has 1 fully saturated rings. The first kappa shape index (κ1) is 15.5. The smallest absolute Gasteiger partial charge is 0.0501 e. The normalized spacial score (nSPS) is 18.4. The van der Waals surface area contributed by atoms with Crippen molar-refractivity contribution in [2.75, 3.05) is 19.6 Å². The van der Waals surface area contributed by atoms with Gasteiger partial charge in [0, 0.05) is 5.54 Å². The molecule has 0 radical (unpaired) electrons. The average molecular weight is 274 g/mol. The van der Waals surface area contributed by atoms with Crippen LogP contribution in [0.4, 0.5) is 0 Å². The van der Waals surface area contributed by atoms with Crippen LogP contribution in [0.15, 0.2) is 24.3 Å². The maximum absolute atomic E-state index is 3.78. The number of rotatable bonds is 6. The topological polar surface area (TPSA) is 15.3 Å². The minimum atomic E-state index is 0.168. The molecule has 112 valence electrons. The van der Waals surface area contributed by atoms with Gasteiger partial charge >= 0.3 is 0 Å². The summed E-state index contributed by atoms with van der Waals surface area (Å²) in [5.41, 5.74) is 2.92. The number of likely N-dealkylation sites (tertiary alicyclic amines) is 1. The van der Waals surface area contributed by atoms with E-state index in [-0.39, 0.29) is 5.54 Å². The van der Waals surface area contributed by atoms with E-state index in [9.17, 15) is 0 Å². The highest BCUT2D eigenvalue weighted by molar-refractivity contribution is 5.27. The van der Waals surface area contributed by atoms with Crippen molar-refractivity contribution in [1.82, 2.24) is 10.2 Å². The molecule has 1 unspecified atom stereocenters. The molecule has 2 heteroatoms. The number of hydrogen-bond donors (Lipinski definition) is 1. The summed E-state index contributed by atoms with van der Waals surface area (Å²) in [4.78, 5) is 2.65. The van der Waals surface area contributed by atoms with Gasteiger partial charge in [0.25, 0.3) is 0 Å². The molecule has 1 N–H and O–H groups in total. The molecule has 1 aromatic rings. The monoisotopic (exact) mass is 274 g/mol. The molecule has 1 aliphatic heterocycles. The predicted octanol–water partition coefficient (Wildman–Crippen LogP) is 3.91. The summed E-state index contributed by atoms with van der Waals surface area (Å²) in [5, 5.41) is 3.78. The maximum Gasteiger partial charge on any atom is 0.0501 e. The Balaban J connectivity index is 2.23. The van der Waals surface area contributed by atoms with Gasteiger partial charge in [-0.05, 0) is 65.2 Å². The molecule has 1 atom stereocenters. The zero-order valence-electron chi connectivity index (χ0n) is 13.6. The van der Waals surface area contributed by atoms with E-state index >= 15 is 0 Å². The van der Waals surface area contributed by atoms with E-state index in [2.05, 4.69) is 62.2 Å². The predicted molar refractivity (Wildman–Crippen MR) is 87.1 cm³/mol. The van der Waals surface area contributed by atoms with Gasteiger partial charge in [-0.25, -0.2) is 0 Å². The average Bonchev–Trinajstić information content (AvgIpc) is 2.96. The number of nitrogens with one attached hydrogen (secondary N) is 1. The molecule has 2 nitrogen and oxygen atoms in total. The molecular weight excluding hydrogens is 244 g/mol. The minimum Gasteiger partial charge on any atom is -0.308 e. The molecule has 0 saturated carbocycles. The van der Waals surface area contributed by atoms with Gasteiger partial charge in [-0.3, -0.25) is 4.90 Å². The van der Waals surface area contributed by atoms with Gasteiger partial charge in [-0.15, -0.1) is 0 Å². The van der Waals surface area contributed by atoms with Crippen molar-refractivity contribution in [3.63, 3.8) is 0 Å². The van der Waals surface area contributed by atoms with Gasteiger partial charge in [0.05, 0.1) is 6.04 Å². The molecule has 20 heavy (non-hydrogen) atoms. The molecule has 0 bridgehead atoms. The lowest BCUT2D eigenvalue weighted by atomic mass is 9.86.